The van der Waals surface area contributed by atoms with Crippen LogP contribution in [0.4, 0.5) is 0 Å². The first-order valence-electron chi connectivity index (χ1n) is 7.58. The molecular weight excluding hydrogens is 250 g/mol. The largest absolute Gasteiger partial charge is 0.497 e. The summed E-state index contributed by atoms with van der Waals surface area (Å²) in [5.41, 5.74) is 2.30. The molecule has 1 aromatic carbocycles. The van der Waals surface area contributed by atoms with Crippen LogP contribution in [-0.4, -0.2) is 29.8 Å². The smallest absolute Gasteiger partial charge is 0.121 e. The predicted octanol–water partition coefficient (Wildman–Crippen LogP) is 2.92. The number of imidazole rings is 1. The van der Waals surface area contributed by atoms with E-state index in [-0.39, 0.29) is 0 Å². The number of aryl methyl sites for hydroxylation is 1. The maximum absolute atomic E-state index is 5.32. The van der Waals surface area contributed by atoms with Gasteiger partial charge in [0.05, 0.1) is 18.1 Å². The molecular formula is C16H23N3O. The van der Waals surface area contributed by atoms with E-state index in [1.807, 2.05) is 12.1 Å². The zero-order chi connectivity index (χ0) is 13.9. The molecule has 0 spiro atoms. The van der Waals surface area contributed by atoms with Crippen LogP contribution >= 0.6 is 0 Å². The van der Waals surface area contributed by atoms with E-state index in [2.05, 4.69) is 22.9 Å². The van der Waals surface area contributed by atoms with Gasteiger partial charge in [-0.1, -0.05) is 6.92 Å². The normalized spacial score (nSPS) is 16.7. The fourth-order valence-corrected chi connectivity index (χ4v) is 3.11. The van der Waals surface area contributed by atoms with Gasteiger partial charge in [-0.25, -0.2) is 4.98 Å². The lowest BCUT2D eigenvalue weighted by Gasteiger charge is -2.23. The Hall–Kier alpha value is -1.55. The Morgan fingerprint density at radius 1 is 1.35 bits per heavy atom. The molecule has 2 aromatic rings. The molecule has 1 aromatic heterocycles. The highest BCUT2D eigenvalue weighted by Crippen LogP contribution is 2.30. The van der Waals surface area contributed by atoms with E-state index in [1.54, 1.807) is 7.11 Å². The van der Waals surface area contributed by atoms with E-state index >= 15 is 0 Å². The highest BCUT2D eigenvalue weighted by atomic mass is 16.5. The number of fused-ring (bicyclic) bond motifs is 1. The number of rotatable bonds is 4. The molecule has 0 amide bonds. The Morgan fingerprint density at radius 3 is 2.85 bits per heavy atom. The molecule has 0 aliphatic carbocycles. The molecule has 2 heterocycles. The van der Waals surface area contributed by atoms with Crippen LogP contribution in [0.15, 0.2) is 18.2 Å². The summed E-state index contributed by atoms with van der Waals surface area (Å²) in [6, 6.07) is 6.22. The number of aromatic nitrogens is 2. The fraction of sp³-hybridized carbons (Fsp3) is 0.562. The molecule has 4 nitrogen and oxygen atoms in total. The van der Waals surface area contributed by atoms with Gasteiger partial charge in [0.2, 0.25) is 0 Å². The molecule has 1 fully saturated rings. The Kier molecular flexibility index (Phi) is 3.92. The first-order valence-corrected chi connectivity index (χ1v) is 7.58. The van der Waals surface area contributed by atoms with Crippen LogP contribution in [0.3, 0.4) is 0 Å². The molecule has 3 rings (SSSR count). The van der Waals surface area contributed by atoms with E-state index in [0.29, 0.717) is 5.92 Å². The standard InChI is InChI=1S/C16H23N3O/c1-3-10-19-15-5-4-13(20-2)11-14(15)18-16(19)12-6-8-17-9-7-12/h4-5,11-12,17H,3,6-10H2,1-2H3. The van der Waals surface area contributed by atoms with Crippen LogP contribution in [0.5, 0.6) is 5.75 Å². The van der Waals surface area contributed by atoms with Crippen LogP contribution in [0.1, 0.15) is 37.9 Å². The van der Waals surface area contributed by atoms with E-state index < -0.39 is 0 Å². The molecule has 0 bridgehead atoms. The number of benzene rings is 1. The number of hydrogen-bond donors (Lipinski definition) is 1. The van der Waals surface area contributed by atoms with E-state index in [1.165, 1.54) is 24.2 Å². The summed E-state index contributed by atoms with van der Waals surface area (Å²) in [5, 5.41) is 3.43. The fourth-order valence-electron chi connectivity index (χ4n) is 3.11. The summed E-state index contributed by atoms with van der Waals surface area (Å²) < 4.78 is 7.73. The summed E-state index contributed by atoms with van der Waals surface area (Å²) in [7, 11) is 1.71. The molecule has 4 heteroatoms. The van der Waals surface area contributed by atoms with E-state index in [0.717, 1.165) is 37.3 Å². The SMILES string of the molecule is CCCn1c(C2CCNCC2)nc2cc(OC)ccc21. The first kappa shape index (κ1) is 13.4. The summed E-state index contributed by atoms with van der Waals surface area (Å²) in [6.45, 7) is 5.47. The molecule has 0 saturated carbocycles. The second kappa shape index (κ2) is 5.83. The van der Waals surface area contributed by atoms with Crippen molar-refractivity contribution in [1.82, 2.24) is 14.9 Å². The predicted molar refractivity (Wildman–Crippen MR) is 81.4 cm³/mol. The van der Waals surface area contributed by atoms with Crippen molar-refractivity contribution >= 4 is 11.0 Å². The average molecular weight is 273 g/mol. The van der Waals surface area contributed by atoms with Crippen molar-refractivity contribution in [3.8, 4) is 5.75 Å². The maximum Gasteiger partial charge on any atom is 0.121 e. The minimum Gasteiger partial charge on any atom is -0.497 e. The van der Waals surface area contributed by atoms with Gasteiger partial charge in [-0.2, -0.15) is 0 Å². The van der Waals surface area contributed by atoms with Gasteiger partial charge in [0, 0.05) is 18.5 Å². The van der Waals surface area contributed by atoms with Crippen molar-refractivity contribution in [2.45, 2.75) is 38.6 Å². The third-order valence-corrected chi connectivity index (χ3v) is 4.14. The van der Waals surface area contributed by atoms with Gasteiger partial charge < -0.3 is 14.6 Å². The van der Waals surface area contributed by atoms with Gasteiger partial charge in [0.25, 0.3) is 0 Å². The van der Waals surface area contributed by atoms with E-state index in [9.17, 15) is 0 Å². The van der Waals surface area contributed by atoms with Gasteiger partial charge in [0.15, 0.2) is 0 Å². The van der Waals surface area contributed by atoms with Gasteiger partial charge in [-0.3, -0.25) is 0 Å². The second-order valence-electron chi connectivity index (χ2n) is 5.50. The molecule has 0 unspecified atom stereocenters. The quantitative estimate of drug-likeness (QED) is 0.931. The summed E-state index contributed by atoms with van der Waals surface area (Å²) in [6.07, 6.45) is 3.50. The topological polar surface area (TPSA) is 39.1 Å². The van der Waals surface area contributed by atoms with Crippen molar-refractivity contribution in [1.29, 1.82) is 0 Å². The molecule has 1 N–H and O–H groups in total. The Bertz CT molecular complexity index is 585. The first-order chi connectivity index (χ1) is 9.83. The van der Waals surface area contributed by atoms with Crippen LogP contribution < -0.4 is 10.1 Å². The Labute approximate surface area is 120 Å². The zero-order valence-corrected chi connectivity index (χ0v) is 12.4. The third kappa shape index (κ3) is 2.40. The van der Waals surface area contributed by atoms with Crippen LogP contribution in [-0.2, 0) is 6.54 Å². The van der Waals surface area contributed by atoms with E-state index in [4.69, 9.17) is 9.72 Å². The molecule has 1 aliphatic heterocycles. The summed E-state index contributed by atoms with van der Waals surface area (Å²) in [5.74, 6) is 2.73. The number of methoxy groups -OCH3 is 1. The van der Waals surface area contributed by atoms with Crippen molar-refractivity contribution in [2.24, 2.45) is 0 Å². The average Bonchev–Trinajstić information content (AvgIpc) is 2.86. The van der Waals surface area contributed by atoms with Gasteiger partial charge in [-0.05, 0) is 44.5 Å². The van der Waals surface area contributed by atoms with Crippen molar-refractivity contribution < 1.29 is 4.74 Å². The number of ether oxygens (including phenoxy) is 1. The molecule has 1 saturated heterocycles. The number of piperidine rings is 1. The Balaban J connectivity index is 2.06. The van der Waals surface area contributed by atoms with Crippen LogP contribution in [0.25, 0.3) is 11.0 Å². The lowest BCUT2D eigenvalue weighted by Crippen LogP contribution is -2.28. The van der Waals surface area contributed by atoms with Crippen molar-refractivity contribution in [3.05, 3.63) is 24.0 Å². The molecule has 20 heavy (non-hydrogen) atoms. The summed E-state index contributed by atoms with van der Waals surface area (Å²) in [4.78, 5) is 4.92. The van der Waals surface area contributed by atoms with Gasteiger partial charge in [0.1, 0.15) is 11.6 Å². The van der Waals surface area contributed by atoms with Gasteiger partial charge >= 0.3 is 0 Å². The number of nitrogens with one attached hydrogen (secondary N) is 1. The third-order valence-electron chi connectivity index (χ3n) is 4.14. The highest BCUT2D eigenvalue weighted by Gasteiger charge is 2.22. The van der Waals surface area contributed by atoms with Crippen molar-refractivity contribution in [2.75, 3.05) is 20.2 Å². The van der Waals surface area contributed by atoms with Crippen LogP contribution in [0.2, 0.25) is 0 Å². The lowest BCUT2D eigenvalue weighted by atomic mass is 9.97. The molecule has 0 radical (unpaired) electrons. The zero-order valence-electron chi connectivity index (χ0n) is 12.4. The molecule has 108 valence electrons. The highest BCUT2D eigenvalue weighted by molar-refractivity contribution is 5.78. The minimum absolute atomic E-state index is 0.584. The number of hydrogen-bond acceptors (Lipinski definition) is 3. The second-order valence-corrected chi connectivity index (χ2v) is 5.50. The maximum atomic E-state index is 5.32. The lowest BCUT2D eigenvalue weighted by molar-refractivity contribution is 0.415. The van der Waals surface area contributed by atoms with Crippen LogP contribution in [0, 0.1) is 0 Å². The van der Waals surface area contributed by atoms with Gasteiger partial charge in [-0.15, -0.1) is 0 Å². The van der Waals surface area contributed by atoms with Crippen molar-refractivity contribution in [3.63, 3.8) is 0 Å². The number of nitrogens with zero attached hydrogens (tertiary/aromatic N) is 2. The Morgan fingerprint density at radius 2 is 2.15 bits per heavy atom. The minimum atomic E-state index is 0.584. The monoisotopic (exact) mass is 273 g/mol. The molecule has 1 aliphatic rings. The molecule has 0 atom stereocenters. The summed E-state index contributed by atoms with van der Waals surface area (Å²) >= 11 is 0.